The van der Waals surface area contributed by atoms with E-state index in [1.165, 1.54) is 5.57 Å². The molecule has 0 aliphatic carbocycles. The largest absolute Gasteiger partial charge is 0.497 e. The Morgan fingerprint density at radius 1 is 1.24 bits per heavy atom. The van der Waals surface area contributed by atoms with Crippen molar-refractivity contribution in [1.29, 1.82) is 0 Å². The maximum absolute atomic E-state index is 5.27. The fraction of sp³-hybridized carbons (Fsp3) is 0.320. The molecule has 1 aliphatic heterocycles. The third kappa shape index (κ3) is 4.86. The molecule has 0 saturated carbocycles. The Morgan fingerprint density at radius 3 is 2.61 bits per heavy atom. The Hall–Kier alpha value is -2.97. The number of methoxy groups -OCH3 is 1. The summed E-state index contributed by atoms with van der Waals surface area (Å²) in [6, 6.07) is 8.20. The van der Waals surface area contributed by atoms with Gasteiger partial charge in [0.25, 0.3) is 0 Å². The number of fused-ring (bicyclic) bond motifs is 1. The van der Waals surface area contributed by atoms with Gasteiger partial charge in [0.05, 0.1) is 17.3 Å². The number of benzene rings is 1. The first kappa shape index (κ1) is 23.2. The number of H-pyrrole nitrogens is 1. The molecule has 33 heavy (non-hydrogen) atoms. The van der Waals surface area contributed by atoms with Crippen LogP contribution in [0.3, 0.4) is 0 Å². The number of hydrogen-bond acceptors (Lipinski definition) is 6. The minimum Gasteiger partial charge on any atom is -0.497 e. The number of ether oxygens (including phenoxy) is 1. The van der Waals surface area contributed by atoms with E-state index >= 15 is 0 Å². The summed E-state index contributed by atoms with van der Waals surface area (Å²) in [6.07, 6.45) is 7.78. The Kier molecular flexibility index (Phi) is 7.25. The Balaban J connectivity index is 1.56. The molecule has 7 nitrogen and oxygen atoms in total. The highest BCUT2D eigenvalue weighted by Crippen LogP contribution is 2.34. The average molecular weight is 509 g/mol. The number of aromatic nitrogens is 3. The van der Waals surface area contributed by atoms with Crippen molar-refractivity contribution in [3.05, 3.63) is 58.9 Å². The van der Waals surface area contributed by atoms with Gasteiger partial charge in [0.1, 0.15) is 17.1 Å². The van der Waals surface area contributed by atoms with Crippen LogP contribution in [0, 0.1) is 0 Å². The number of imidazole rings is 1. The summed E-state index contributed by atoms with van der Waals surface area (Å²) in [4.78, 5) is 21.6. The van der Waals surface area contributed by atoms with Crippen LogP contribution in [0.5, 0.6) is 5.75 Å². The van der Waals surface area contributed by atoms with Crippen LogP contribution in [0.25, 0.3) is 22.6 Å². The molecule has 1 aliphatic rings. The van der Waals surface area contributed by atoms with Crippen molar-refractivity contribution in [1.82, 2.24) is 19.9 Å². The van der Waals surface area contributed by atoms with Gasteiger partial charge in [-0.05, 0) is 72.4 Å². The molecule has 1 unspecified atom stereocenters. The molecule has 3 aromatic rings. The highest BCUT2D eigenvalue weighted by Gasteiger charge is 2.25. The summed E-state index contributed by atoms with van der Waals surface area (Å²) >= 11 is 3.73. The van der Waals surface area contributed by atoms with Crippen molar-refractivity contribution in [3.63, 3.8) is 0 Å². The van der Waals surface area contributed by atoms with Crippen LogP contribution in [0.2, 0.25) is 0 Å². The number of halogens is 1. The van der Waals surface area contributed by atoms with E-state index in [1.54, 1.807) is 13.3 Å². The number of aliphatic imine (C=N–C) groups is 1. The van der Waals surface area contributed by atoms with Gasteiger partial charge in [-0.15, -0.1) is 0 Å². The topological polar surface area (TPSA) is 69.6 Å². The number of piperazine rings is 1. The summed E-state index contributed by atoms with van der Waals surface area (Å²) < 4.78 is 6.24. The Morgan fingerprint density at radius 2 is 1.97 bits per heavy atom. The molecule has 172 valence electrons. The van der Waals surface area contributed by atoms with Gasteiger partial charge in [-0.25, -0.2) is 9.97 Å². The maximum atomic E-state index is 5.27. The van der Waals surface area contributed by atoms with Crippen LogP contribution in [-0.2, 0) is 0 Å². The number of rotatable bonds is 7. The lowest BCUT2D eigenvalue weighted by Crippen LogP contribution is -2.50. The SMILES string of the molecule is C=N/C=C\C(=C/C)C(C)N1CCN(c2c(Br)cnc3nc(-c4ccc(OC)cc4)[nH]c23)CC1. The van der Waals surface area contributed by atoms with Gasteiger partial charge in [0.15, 0.2) is 5.65 Å². The van der Waals surface area contributed by atoms with E-state index in [2.05, 4.69) is 67.3 Å². The van der Waals surface area contributed by atoms with Gasteiger partial charge in [0.2, 0.25) is 0 Å². The molecule has 0 radical (unpaired) electrons. The molecule has 1 fully saturated rings. The zero-order chi connectivity index (χ0) is 23.4. The lowest BCUT2D eigenvalue weighted by atomic mass is 10.1. The third-order valence-electron chi connectivity index (χ3n) is 6.18. The summed E-state index contributed by atoms with van der Waals surface area (Å²) in [5.74, 6) is 1.62. The number of nitrogens with zero attached hydrogens (tertiary/aromatic N) is 5. The highest BCUT2D eigenvalue weighted by atomic mass is 79.9. The lowest BCUT2D eigenvalue weighted by molar-refractivity contribution is 0.222. The number of pyridine rings is 1. The van der Waals surface area contributed by atoms with Gasteiger partial charge in [-0.3, -0.25) is 9.89 Å². The molecule has 2 aromatic heterocycles. The first-order chi connectivity index (χ1) is 16.0. The van der Waals surface area contributed by atoms with Crippen molar-refractivity contribution < 1.29 is 4.74 Å². The number of aromatic amines is 1. The number of allylic oxidation sites excluding steroid dienone is 1. The van der Waals surface area contributed by atoms with Crippen molar-refractivity contribution >= 4 is 39.5 Å². The molecule has 0 amide bonds. The number of nitrogens with one attached hydrogen (secondary N) is 1. The van der Waals surface area contributed by atoms with Gasteiger partial charge in [-0.2, -0.15) is 0 Å². The smallest absolute Gasteiger partial charge is 0.180 e. The molecular formula is C25H29BrN6O. The van der Waals surface area contributed by atoms with E-state index in [9.17, 15) is 0 Å². The lowest BCUT2D eigenvalue weighted by Gasteiger charge is -2.39. The monoisotopic (exact) mass is 508 g/mol. The predicted molar refractivity (Wildman–Crippen MR) is 139 cm³/mol. The maximum Gasteiger partial charge on any atom is 0.180 e. The summed E-state index contributed by atoms with van der Waals surface area (Å²) in [5.41, 5.74) is 5.02. The molecule has 3 heterocycles. The van der Waals surface area contributed by atoms with Crippen molar-refractivity contribution in [2.75, 3.05) is 38.2 Å². The zero-order valence-electron chi connectivity index (χ0n) is 19.3. The van der Waals surface area contributed by atoms with Crippen molar-refractivity contribution in [2.45, 2.75) is 19.9 Å². The molecule has 0 spiro atoms. The molecule has 0 bridgehead atoms. The fourth-order valence-corrected chi connectivity index (χ4v) is 4.83. The van der Waals surface area contributed by atoms with E-state index in [0.29, 0.717) is 11.7 Å². The first-order valence-corrected chi connectivity index (χ1v) is 11.8. The zero-order valence-corrected chi connectivity index (χ0v) is 20.8. The van der Waals surface area contributed by atoms with Crippen LogP contribution in [0.1, 0.15) is 13.8 Å². The molecule has 8 heteroatoms. The van der Waals surface area contributed by atoms with E-state index in [1.807, 2.05) is 36.5 Å². The van der Waals surface area contributed by atoms with Crippen molar-refractivity contribution in [3.8, 4) is 17.1 Å². The molecule has 1 aromatic carbocycles. The third-order valence-corrected chi connectivity index (χ3v) is 6.76. The summed E-state index contributed by atoms with van der Waals surface area (Å²) in [6.45, 7) is 11.6. The molecular weight excluding hydrogens is 480 g/mol. The van der Waals surface area contributed by atoms with Gasteiger partial charge in [-0.1, -0.05) is 6.08 Å². The minimum atomic E-state index is 0.324. The second-order valence-electron chi connectivity index (χ2n) is 7.95. The van der Waals surface area contributed by atoms with E-state index in [-0.39, 0.29) is 0 Å². The number of hydrogen-bond donors (Lipinski definition) is 1. The molecule has 4 rings (SSSR count). The Bertz CT molecular complexity index is 1180. The minimum absolute atomic E-state index is 0.324. The molecule has 1 N–H and O–H groups in total. The highest BCUT2D eigenvalue weighted by molar-refractivity contribution is 9.10. The van der Waals surface area contributed by atoms with E-state index in [0.717, 1.165) is 59.0 Å². The van der Waals surface area contributed by atoms with Crippen LogP contribution in [-0.4, -0.2) is 65.9 Å². The van der Waals surface area contributed by atoms with Crippen molar-refractivity contribution in [2.24, 2.45) is 4.99 Å². The summed E-state index contributed by atoms with van der Waals surface area (Å²) in [7, 11) is 1.67. The standard InChI is InChI=1S/C25H29BrN6O/c1-5-18(10-11-27-3)17(2)31-12-14-32(15-13-31)23-21(26)16-28-25-22(23)29-24(30-25)19-6-8-20(33-4)9-7-19/h5-11,16-17H,3,12-15H2,1-2,4H3,(H,28,29,30)/b11-10-,18-5+. The number of anilines is 1. The van der Waals surface area contributed by atoms with Gasteiger partial charge in [0, 0.05) is 50.2 Å². The van der Waals surface area contributed by atoms with E-state index < -0.39 is 0 Å². The van der Waals surface area contributed by atoms with E-state index in [4.69, 9.17) is 9.72 Å². The van der Waals surface area contributed by atoms with Crippen LogP contribution in [0.15, 0.2) is 63.9 Å². The van der Waals surface area contributed by atoms with Gasteiger partial charge < -0.3 is 14.6 Å². The molecule has 1 atom stereocenters. The molecule has 1 saturated heterocycles. The average Bonchev–Trinajstić information content (AvgIpc) is 3.29. The fourth-order valence-electron chi connectivity index (χ4n) is 4.27. The quantitative estimate of drug-likeness (QED) is 0.356. The second-order valence-corrected chi connectivity index (χ2v) is 8.81. The van der Waals surface area contributed by atoms with Crippen LogP contribution < -0.4 is 9.64 Å². The first-order valence-electron chi connectivity index (χ1n) is 11.0. The predicted octanol–water partition coefficient (Wildman–Crippen LogP) is 5.07. The van der Waals surface area contributed by atoms with Gasteiger partial charge >= 0.3 is 0 Å². The Labute approximate surface area is 203 Å². The normalized spacial score (nSPS) is 16.5. The van der Waals surface area contributed by atoms with Crippen LogP contribution >= 0.6 is 15.9 Å². The summed E-state index contributed by atoms with van der Waals surface area (Å²) in [5, 5.41) is 0. The second kappa shape index (κ2) is 10.3. The van der Waals surface area contributed by atoms with Crippen LogP contribution in [0.4, 0.5) is 5.69 Å².